The van der Waals surface area contributed by atoms with Crippen molar-refractivity contribution in [1.29, 1.82) is 0 Å². The molecule has 1 aromatic heterocycles. The Morgan fingerprint density at radius 2 is 1.73 bits per heavy atom. The number of rotatable bonds is 13. The third-order valence-corrected chi connectivity index (χ3v) is 7.83. The second kappa shape index (κ2) is 13.5. The molecular weight excluding hydrogens is 490 g/mol. The summed E-state index contributed by atoms with van der Waals surface area (Å²) in [4.78, 5) is 23.7. The maximum atomic E-state index is 11.6. The van der Waals surface area contributed by atoms with Crippen LogP contribution in [0.3, 0.4) is 0 Å². The fraction of sp³-hybridized carbons (Fsp3) is 0.429. The van der Waals surface area contributed by atoms with Gasteiger partial charge in [0.1, 0.15) is 11.8 Å². The number of hydroxylamine groups is 1. The van der Waals surface area contributed by atoms with Gasteiger partial charge in [0.2, 0.25) is 0 Å². The van der Waals surface area contributed by atoms with Gasteiger partial charge in [-0.25, -0.2) is 5.48 Å². The minimum atomic E-state index is -0.781. The molecule has 1 amide bonds. The molecule has 0 radical (unpaired) electrons. The van der Waals surface area contributed by atoms with Crippen LogP contribution in [0.4, 0.5) is 0 Å². The summed E-state index contributed by atoms with van der Waals surface area (Å²) in [6.45, 7) is 1.88. The van der Waals surface area contributed by atoms with E-state index in [0.29, 0.717) is 43.5 Å². The molecule has 37 heavy (non-hydrogen) atoms. The Balaban J connectivity index is 1.17. The molecule has 2 aromatic carbocycles. The number of carboxylic acids is 1. The van der Waals surface area contributed by atoms with Gasteiger partial charge >= 0.3 is 5.97 Å². The van der Waals surface area contributed by atoms with Crippen molar-refractivity contribution in [1.82, 2.24) is 16.1 Å². The Kier molecular flexibility index (Phi) is 9.90. The van der Waals surface area contributed by atoms with Crippen molar-refractivity contribution in [2.24, 2.45) is 0 Å². The molecule has 1 saturated carbocycles. The van der Waals surface area contributed by atoms with E-state index in [0.717, 1.165) is 39.8 Å². The number of benzene rings is 2. The lowest BCUT2D eigenvalue weighted by molar-refractivity contribution is -0.140. The Hall–Kier alpha value is -2.98. The summed E-state index contributed by atoms with van der Waals surface area (Å²) in [6.07, 6.45) is 6.98. The molecule has 0 saturated heterocycles. The molecule has 1 aliphatic rings. The van der Waals surface area contributed by atoms with Gasteiger partial charge in [0, 0.05) is 23.8 Å². The minimum Gasteiger partial charge on any atom is -0.494 e. The zero-order valence-electron chi connectivity index (χ0n) is 20.9. The highest BCUT2D eigenvalue weighted by Gasteiger charge is 2.22. The molecule has 0 unspecified atom stereocenters. The molecule has 1 aliphatic carbocycles. The first-order chi connectivity index (χ1) is 18.0. The second-order valence-electron chi connectivity index (χ2n) is 9.55. The van der Waals surface area contributed by atoms with Crippen molar-refractivity contribution < 1.29 is 24.6 Å². The first kappa shape index (κ1) is 27.1. The monoisotopic (exact) mass is 525 g/mol. The lowest BCUT2D eigenvalue weighted by Crippen LogP contribution is -2.44. The summed E-state index contributed by atoms with van der Waals surface area (Å²) in [5.41, 5.74) is 3.92. The number of fused-ring (bicyclic) bond motifs is 1. The number of amides is 1. The maximum Gasteiger partial charge on any atom is 0.320 e. The topological polar surface area (TPSA) is 120 Å². The highest BCUT2D eigenvalue weighted by molar-refractivity contribution is 7.20. The van der Waals surface area contributed by atoms with Crippen LogP contribution in [-0.4, -0.2) is 40.9 Å². The van der Waals surface area contributed by atoms with E-state index in [9.17, 15) is 14.7 Å². The number of thiophene rings is 1. The summed E-state index contributed by atoms with van der Waals surface area (Å²) in [5.74, 6) is -0.497. The van der Waals surface area contributed by atoms with Crippen molar-refractivity contribution in [3.63, 3.8) is 0 Å². The normalized spacial score (nSPS) is 14.9. The quantitative estimate of drug-likeness (QED) is 0.123. The van der Waals surface area contributed by atoms with E-state index in [-0.39, 0.29) is 0 Å². The Labute approximate surface area is 221 Å². The number of carbonyl (C=O) groups is 2. The minimum absolute atomic E-state index is 0.323. The first-order valence-electron chi connectivity index (χ1n) is 12.9. The van der Waals surface area contributed by atoms with Crippen molar-refractivity contribution in [3.05, 3.63) is 64.5 Å². The third kappa shape index (κ3) is 8.00. The van der Waals surface area contributed by atoms with Crippen LogP contribution in [0.25, 0.3) is 10.1 Å². The molecule has 1 fully saturated rings. The average Bonchev–Trinajstić information content (AvgIpc) is 3.35. The van der Waals surface area contributed by atoms with Crippen molar-refractivity contribution in [2.75, 3.05) is 6.61 Å². The number of carboxylic acid groups (broad SMARTS) is 1. The molecule has 3 aromatic rings. The number of hydrogen-bond acceptors (Lipinski definition) is 7. The molecule has 1 atom stereocenters. The second-order valence-corrected chi connectivity index (χ2v) is 10.6. The molecule has 0 aliphatic heterocycles. The van der Waals surface area contributed by atoms with Crippen molar-refractivity contribution >= 4 is 33.3 Å². The summed E-state index contributed by atoms with van der Waals surface area (Å²) in [5, 5.41) is 26.1. The largest absolute Gasteiger partial charge is 0.494 e. The highest BCUT2D eigenvalue weighted by atomic mass is 32.1. The molecule has 0 spiro atoms. The molecule has 0 bridgehead atoms. The summed E-state index contributed by atoms with van der Waals surface area (Å²) < 4.78 is 6.84. The van der Waals surface area contributed by atoms with Gasteiger partial charge in [-0.1, -0.05) is 43.5 Å². The van der Waals surface area contributed by atoms with E-state index >= 15 is 0 Å². The van der Waals surface area contributed by atoms with Crippen LogP contribution in [0.1, 0.15) is 65.7 Å². The summed E-state index contributed by atoms with van der Waals surface area (Å²) >= 11 is 1.35. The van der Waals surface area contributed by atoms with E-state index in [1.807, 2.05) is 36.4 Å². The van der Waals surface area contributed by atoms with E-state index in [2.05, 4.69) is 16.7 Å². The number of hydrogen-bond donors (Lipinski definition) is 5. The van der Waals surface area contributed by atoms with Crippen LogP contribution in [-0.2, 0) is 17.9 Å². The highest BCUT2D eigenvalue weighted by Crippen LogP contribution is 2.26. The standard InChI is InChI=1S/C28H35N3O5S/c32-27(31-35)26-16-21-11-8-20(15-25(21)37-26)18-29-17-19-9-12-23(13-10-19)36-14-4-7-24(28(33)34)30-22-5-2-1-3-6-22/h8-13,15-16,22,24,29-30,35H,1-7,14,17-18H2,(H,31,32)(H,33,34)/t24-/m0/s1. The molecule has 5 N–H and O–H groups in total. The SMILES string of the molecule is O=C(NO)c1cc2ccc(CNCc3ccc(OCCC[C@H](NC4CCCCC4)C(=O)O)cc3)cc2s1. The Bertz CT molecular complexity index is 1170. The van der Waals surface area contributed by atoms with Crippen LogP contribution in [0.15, 0.2) is 48.5 Å². The Morgan fingerprint density at radius 1 is 1.00 bits per heavy atom. The number of carbonyl (C=O) groups excluding carboxylic acids is 1. The van der Waals surface area contributed by atoms with E-state index in [1.54, 1.807) is 11.5 Å². The van der Waals surface area contributed by atoms with Gasteiger partial charge < -0.3 is 20.5 Å². The number of nitrogens with one attached hydrogen (secondary N) is 3. The van der Waals surface area contributed by atoms with Gasteiger partial charge in [-0.3, -0.25) is 14.8 Å². The van der Waals surface area contributed by atoms with E-state index in [4.69, 9.17) is 9.94 Å². The average molecular weight is 526 g/mol. The number of aliphatic carboxylic acids is 1. The third-order valence-electron chi connectivity index (χ3n) is 6.74. The van der Waals surface area contributed by atoms with Gasteiger partial charge in [0.05, 0.1) is 11.5 Å². The predicted molar refractivity (Wildman–Crippen MR) is 144 cm³/mol. The van der Waals surface area contributed by atoms with Gasteiger partial charge in [-0.15, -0.1) is 11.3 Å². The van der Waals surface area contributed by atoms with Crippen molar-refractivity contribution in [3.8, 4) is 5.75 Å². The summed E-state index contributed by atoms with van der Waals surface area (Å²) in [6, 6.07) is 15.6. The van der Waals surface area contributed by atoms with Crippen LogP contribution in [0.5, 0.6) is 5.75 Å². The molecule has 198 valence electrons. The van der Waals surface area contributed by atoms with Crippen molar-refractivity contribution in [2.45, 2.75) is 70.1 Å². The van der Waals surface area contributed by atoms with E-state index in [1.165, 1.54) is 30.6 Å². The molecular formula is C28H35N3O5S. The van der Waals surface area contributed by atoms with Gasteiger partial charge in [-0.2, -0.15) is 0 Å². The molecule has 4 rings (SSSR count). The fourth-order valence-electron chi connectivity index (χ4n) is 4.72. The Morgan fingerprint density at radius 3 is 2.46 bits per heavy atom. The lowest BCUT2D eigenvalue weighted by Gasteiger charge is -2.26. The van der Waals surface area contributed by atoms with Crippen LogP contribution in [0, 0.1) is 0 Å². The van der Waals surface area contributed by atoms with Gasteiger partial charge in [0.25, 0.3) is 5.91 Å². The van der Waals surface area contributed by atoms with Crippen LogP contribution >= 0.6 is 11.3 Å². The maximum absolute atomic E-state index is 11.6. The smallest absolute Gasteiger partial charge is 0.320 e. The fourth-order valence-corrected chi connectivity index (χ4v) is 5.73. The van der Waals surface area contributed by atoms with Crippen LogP contribution < -0.4 is 20.9 Å². The molecule has 9 heteroatoms. The van der Waals surface area contributed by atoms with Gasteiger partial charge in [0.15, 0.2) is 0 Å². The molecule has 8 nitrogen and oxygen atoms in total. The van der Waals surface area contributed by atoms with Gasteiger partial charge in [-0.05, 0) is 66.5 Å². The van der Waals surface area contributed by atoms with Crippen LogP contribution in [0.2, 0.25) is 0 Å². The zero-order chi connectivity index (χ0) is 26.0. The predicted octanol–water partition coefficient (Wildman–Crippen LogP) is 4.84. The number of ether oxygens (including phenoxy) is 1. The first-order valence-corrected chi connectivity index (χ1v) is 13.7. The molecule has 1 heterocycles. The summed E-state index contributed by atoms with van der Waals surface area (Å²) in [7, 11) is 0. The zero-order valence-corrected chi connectivity index (χ0v) is 21.7. The lowest BCUT2D eigenvalue weighted by atomic mass is 9.94. The van der Waals surface area contributed by atoms with E-state index < -0.39 is 17.9 Å².